The third-order valence-electron chi connectivity index (χ3n) is 5.70. The van der Waals surface area contributed by atoms with Gasteiger partial charge in [-0.3, -0.25) is 0 Å². The second kappa shape index (κ2) is 5.67. The molecule has 3 aliphatic heterocycles. The number of H-pyrrole nitrogens is 1. The lowest BCUT2D eigenvalue weighted by molar-refractivity contribution is 0.796. The molecule has 0 saturated carbocycles. The highest BCUT2D eigenvalue weighted by Gasteiger charge is 2.28. The van der Waals surface area contributed by atoms with E-state index in [1.54, 1.807) is 0 Å². The van der Waals surface area contributed by atoms with Crippen molar-refractivity contribution in [1.82, 2.24) is 4.98 Å². The van der Waals surface area contributed by atoms with E-state index in [2.05, 4.69) is 17.1 Å². The van der Waals surface area contributed by atoms with Gasteiger partial charge < -0.3 is 4.98 Å². The van der Waals surface area contributed by atoms with Gasteiger partial charge >= 0.3 is 0 Å². The maximum absolute atomic E-state index is 4.91. The summed E-state index contributed by atoms with van der Waals surface area (Å²) in [7, 11) is 0. The minimum absolute atomic E-state index is 0.369. The Bertz CT molecular complexity index is 1600. The Morgan fingerprint density at radius 1 is 0.533 bits per heavy atom. The molecule has 6 nitrogen and oxygen atoms in total. The van der Waals surface area contributed by atoms with Crippen LogP contribution in [0.15, 0.2) is 97.8 Å². The van der Waals surface area contributed by atoms with Crippen LogP contribution >= 0.6 is 0 Å². The van der Waals surface area contributed by atoms with Crippen molar-refractivity contribution in [1.29, 1.82) is 0 Å². The average molecular weight is 386 g/mol. The van der Waals surface area contributed by atoms with E-state index in [1.165, 1.54) is 0 Å². The number of hydrogen-bond donors (Lipinski definition) is 1. The zero-order valence-electron chi connectivity index (χ0n) is 15.7. The number of aromatic amines is 1. The number of amidine groups is 3. The monoisotopic (exact) mass is 386 g/mol. The first-order valence-corrected chi connectivity index (χ1v) is 9.83. The largest absolute Gasteiger partial charge is 0.324 e. The van der Waals surface area contributed by atoms with E-state index >= 15 is 0 Å². The van der Waals surface area contributed by atoms with Crippen molar-refractivity contribution in [3.05, 3.63) is 106 Å². The van der Waals surface area contributed by atoms with Crippen molar-refractivity contribution in [2.45, 2.75) is 6.17 Å². The van der Waals surface area contributed by atoms with Crippen molar-refractivity contribution in [2.75, 3.05) is 0 Å². The molecule has 6 bridgehead atoms. The molecule has 4 heterocycles. The third kappa shape index (κ3) is 2.10. The predicted octanol–water partition coefficient (Wildman–Crippen LogP) is 3.09. The van der Waals surface area contributed by atoms with E-state index in [0.29, 0.717) is 17.5 Å². The Hall–Kier alpha value is -4.19. The van der Waals surface area contributed by atoms with Gasteiger partial charge in [-0.1, -0.05) is 72.8 Å². The van der Waals surface area contributed by atoms with Gasteiger partial charge in [-0.2, -0.15) is 0 Å². The molecule has 3 aliphatic rings. The van der Waals surface area contributed by atoms with Gasteiger partial charge in [-0.05, 0) is 0 Å². The molecule has 30 heavy (non-hydrogen) atoms. The summed E-state index contributed by atoms with van der Waals surface area (Å²) in [5.74, 6) is 1.99. The lowest BCUT2D eigenvalue weighted by Gasteiger charge is -2.05. The average Bonchev–Trinajstić information content (AvgIpc) is 3.43. The number of nitrogens with one attached hydrogen (secondary N) is 1. The fourth-order valence-electron chi connectivity index (χ4n) is 4.29. The lowest BCUT2D eigenvalue weighted by Crippen LogP contribution is -2.15. The van der Waals surface area contributed by atoms with Crippen LogP contribution in [-0.2, 0) is 0 Å². The van der Waals surface area contributed by atoms with Crippen molar-refractivity contribution < 1.29 is 0 Å². The summed E-state index contributed by atoms with van der Waals surface area (Å²) in [6, 6.07) is 24.3. The van der Waals surface area contributed by atoms with E-state index in [0.717, 1.165) is 44.0 Å². The van der Waals surface area contributed by atoms with E-state index in [-0.39, 0.29) is 6.17 Å². The van der Waals surface area contributed by atoms with E-state index in [1.807, 2.05) is 60.7 Å². The first-order valence-electron chi connectivity index (χ1n) is 9.83. The standard InChI is InChI=1S/C24H14N6/c1-2-8-14-13(7-1)19-25-20(14)29-22-17-11-5-6-12-18(17)24(27-22)30-23-16-10-4-3-9-15(16)21(26-23)28-19/h1-12,19H,(H,25,26,27,28,29,30). The van der Waals surface area contributed by atoms with Crippen molar-refractivity contribution in [3.8, 4) is 0 Å². The van der Waals surface area contributed by atoms with Crippen LogP contribution in [0.1, 0.15) is 28.4 Å². The third-order valence-corrected chi connectivity index (χ3v) is 5.70. The van der Waals surface area contributed by atoms with Crippen LogP contribution in [-0.4, -0.2) is 22.5 Å². The number of nitrogens with zero attached hydrogens (tertiary/aromatic N) is 5. The minimum atomic E-state index is -0.369. The summed E-state index contributed by atoms with van der Waals surface area (Å²) in [6.45, 7) is 0. The fourth-order valence-corrected chi connectivity index (χ4v) is 4.29. The summed E-state index contributed by atoms with van der Waals surface area (Å²) in [5.41, 5.74) is 5.47. The van der Waals surface area contributed by atoms with Crippen LogP contribution < -0.4 is 11.0 Å². The van der Waals surface area contributed by atoms with E-state index in [4.69, 9.17) is 25.0 Å². The maximum Gasteiger partial charge on any atom is 0.170 e. The van der Waals surface area contributed by atoms with Crippen molar-refractivity contribution in [3.63, 3.8) is 0 Å². The molecule has 0 amide bonds. The zero-order chi connectivity index (χ0) is 19.7. The van der Waals surface area contributed by atoms with Gasteiger partial charge in [-0.15, -0.1) is 0 Å². The highest BCUT2D eigenvalue weighted by molar-refractivity contribution is 6.22. The Labute approximate surface area is 170 Å². The van der Waals surface area contributed by atoms with Gasteiger partial charge in [0.25, 0.3) is 0 Å². The predicted molar refractivity (Wildman–Crippen MR) is 116 cm³/mol. The van der Waals surface area contributed by atoms with Gasteiger partial charge in [-0.25, -0.2) is 25.0 Å². The quantitative estimate of drug-likeness (QED) is 0.482. The Morgan fingerprint density at radius 2 is 1.07 bits per heavy atom. The highest BCUT2D eigenvalue weighted by atomic mass is 15.1. The van der Waals surface area contributed by atoms with Gasteiger partial charge in [0, 0.05) is 33.0 Å². The topological polar surface area (TPSA) is 77.6 Å². The second-order valence-corrected chi connectivity index (χ2v) is 7.44. The second-order valence-electron chi connectivity index (χ2n) is 7.44. The number of fused-ring (bicyclic) bond motifs is 13. The molecule has 1 aromatic heterocycles. The molecule has 0 radical (unpaired) electrons. The van der Waals surface area contributed by atoms with E-state index in [9.17, 15) is 0 Å². The van der Waals surface area contributed by atoms with Gasteiger partial charge in [0.05, 0.1) is 0 Å². The van der Waals surface area contributed by atoms with Crippen LogP contribution in [0.25, 0.3) is 10.8 Å². The number of rotatable bonds is 0. The summed E-state index contributed by atoms with van der Waals surface area (Å²) in [5, 5.41) is 2.01. The molecular formula is C24H14N6. The highest BCUT2D eigenvalue weighted by Crippen LogP contribution is 2.33. The zero-order valence-corrected chi connectivity index (χ0v) is 15.7. The summed E-state index contributed by atoms with van der Waals surface area (Å²) < 4.78 is 0. The number of aliphatic imine (C=N–C) groups is 3. The molecular weight excluding hydrogens is 372 g/mol. The molecule has 0 aliphatic carbocycles. The van der Waals surface area contributed by atoms with Crippen molar-refractivity contribution in [2.24, 2.45) is 25.0 Å². The van der Waals surface area contributed by atoms with Crippen molar-refractivity contribution >= 4 is 28.3 Å². The van der Waals surface area contributed by atoms with Gasteiger partial charge in [0.1, 0.15) is 11.0 Å². The molecule has 3 aromatic carbocycles. The maximum atomic E-state index is 4.91. The van der Waals surface area contributed by atoms with Crippen LogP contribution in [0.3, 0.4) is 0 Å². The Kier molecular flexibility index (Phi) is 2.97. The molecule has 1 atom stereocenters. The molecule has 6 heteroatoms. The molecule has 4 aromatic rings. The summed E-state index contributed by atoms with van der Waals surface area (Å²) in [4.78, 5) is 27.8. The first-order chi connectivity index (χ1) is 14.8. The number of benzene rings is 3. The SMILES string of the molecule is c1ccc2c(c1)C1=N/C2=N\C2N=C(N=c3[nH]c(c4ccccc34)=N1)c1ccccc12. The van der Waals surface area contributed by atoms with E-state index < -0.39 is 0 Å². The first kappa shape index (κ1) is 15.7. The minimum Gasteiger partial charge on any atom is -0.324 e. The lowest BCUT2D eigenvalue weighted by atomic mass is 10.1. The number of aromatic nitrogens is 1. The molecule has 0 fully saturated rings. The van der Waals surface area contributed by atoms with Gasteiger partial charge in [0.2, 0.25) is 0 Å². The Morgan fingerprint density at radius 3 is 1.80 bits per heavy atom. The number of hydrogen-bond acceptors (Lipinski definition) is 5. The molecule has 0 spiro atoms. The molecule has 1 unspecified atom stereocenters. The van der Waals surface area contributed by atoms with Crippen LogP contribution in [0, 0.1) is 0 Å². The van der Waals surface area contributed by atoms with Crippen LogP contribution in [0.4, 0.5) is 0 Å². The van der Waals surface area contributed by atoms with Crippen LogP contribution in [0.2, 0.25) is 0 Å². The fraction of sp³-hybridized carbons (Fsp3) is 0.0417. The molecule has 1 N–H and O–H groups in total. The normalized spacial score (nSPS) is 19.9. The van der Waals surface area contributed by atoms with Crippen LogP contribution in [0.5, 0.6) is 0 Å². The summed E-state index contributed by atoms with van der Waals surface area (Å²) in [6.07, 6.45) is -0.369. The summed E-state index contributed by atoms with van der Waals surface area (Å²) >= 11 is 0. The molecule has 7 rings (SSSR count). The Balaban J connectivity index is 1.65. The van der Waals surface area contributed by atoms with Gasteiger partial charge in [0.15, 0.2) is 23.7 Å². The molecule has 140 valence electrons. The molecule has 0 saturated heterocycles. The smallest absolute Gasteiger partial charge is 0.170 e.